The van der Waals surface area contributed by atoms with Gasteiger partial charge in [0, 0.05) is 19.0 Å². The van der Waals surface area contributed by atoms with Gasteiger partial charge in [0.05, 0.1) is 17.1 Å². The van der Waals surface area contributed by atoms with Crippen molar-refractivity contribution in [3.05, 3.63) is 45.9 Å². The van der Waals surface area contributed by atoms with Crippen molar-refractivity contribution in [1.82, 2.24) is 20.3 Å². The highest BCUT2D eigenvalue weighted by Crippen LogP contribution is 2.17. The summed E-state index contributed by atoms with van der Waals surface area (Å²) in [6.07, 6.45) is 0. The summed E-state index contributed by atoms with van der Waals surface area (Å²) < 4.78 is 25.8. The number of sulfonamides is 1. The molecule has 26 heavy (non-hydrogen) atoms. The van der Waals surface area contributed by atoms with Crippen molar-refractivity contribution < 1.29 is 8.42 Å². The third-order valence-corrected chi connectivity index (χ3v) is 6.05. The molecule has 0 atom stereocenters. The van der Waals surface area contributed by atoms with Gasteiger partial charge in [-0.3, -0.25) is 4.99 Å². The van der Waals surface area contributed by atoms with E-state index in [1.54, 1.807) is 42.6 Å². The lowest BCUT2D eigenvalue weighted by molar-refractivity contribution is 0.588. The molecule has 7 nitrogen and oxygen atoms in total. The van der Waals surface area contributed by atoms with Gasteiger partial charge in [-0.05, 0) is 30.7 Å². The van der Waals surface area contributed by atoms with E-state index >= 15 is 0 Å². The average Bonchev–Trinajstić information content (AvgIpc) is 3.11. The molecule has 1 aromatic carbocycles. The Morgan fingerprint density at radius 2 is 1.85 bits per heavy atom. The summed E-state index contributed by atoms with van der Waals surface area (Å²) in [5, 5.41) is 9.54. The number of benzene rings is 1. The van der Waals surface area contributed by atoms with Gasteiger partial charge in [-0.1, -0.05) is 26.0 Å². The lowest BCUT2D eigenvalue weighted by Crippen LogP contribution is -2.36. The molecule has 142 valence electrons. The number of thiazole rings is 1. The Kier molecular flexibility index (Phi) is 7.13. The maximum atomic E-state index is 11.7. The second kappa shape index (κ2) is 9.11. The molecule has 0 aliphatic heterocycles. The number of guanidine groups is 1. The Morgan fingerprint density at radius 3 is 2.38 bits per heavy atom. The van der Waals surface area contributed by atoms with E-state index in [4.69, 9.17) is 0 Å². The molecule has 0 unspecified atom stereocenters. The predicted octanol–water partition coefficient (Wildman–Crippen LogP) is 2.04. The van der Waals surface area contributed by atoms with Crippen LogP contribution in [-0.4, -0.2) is 33.5 Å². The number of rotatable bonds is 7. The van der Waals surface area contributed by atoms with Gasteiger partial charge in [0.2, 0.25) is 10.0 Å². The summed E-state index contributed by atoms with van der Waals surface area (Å²) in [7, 11) is -0.303. The summed E-state index contributed by atoms with van der Waals surface area (Å²) in [4.78, 5) is 9.03. The molecule has 0 amide bonds. The minimum absolute atomic E-state index is 0.246. The van der Waals surface area contributed by atoms with Gasteiger partial charge in [0.1, 0.15) is 5.01 Å². The van der Waals surface area contributed by atoms with E-state index in [0.29, 0.717) is 25.0 Å². The standard InChI is InChI=1S/C17H25N5O2S2/c1-12(2)15-11-25-16(22-15)10-21-17(18-3)20-9-13-5-7-14(8-6-13)26(23,24)19-4/h5-8,11-12,19H,9-10H2,1-4H3,(H2,18,20,21). The summed E-state index contributed by atoms with van der Waals surface area (Å²) >= 11 is 1.63. The van der Waals surface area contributed by atoms with Crippen LogP contribution in [-0.2, 0) is 23.1 Å². The molecular weight excluding hydrogens is 370 g/mol. The lowest BCUT2D eigenvalue weighted by Gasteiger charge is -2.11. The number of aromatic nitrogens is 1. The molecule has 0 radical (unpaired) electrons. The first-order valence-electron chi connectivity index (χ1n) is 8.27. The van der Waals surface area contributed by atoms with Crippen molar-refractivity contribution in [2.45, 2.75) is 37.8 Å². The fourth-order valence-corrected chi connectivity index (χ4v) is 3.77. The van der Waals surface area contributed by atoms with E-state index in [1.165, 1.54) is 7.05 Å². The largest absolute Gasteiger partial charge is 0.352 e. The van der Waals surface area contributed by atoms with Crippen molar-refractivity contribution in [3.8, 4) is 0 Å². The normalized spacial score (nSPS) is 12.4. The maximum absolute atomic E-state index is 11.7. The second-order valence-electron chi connectivity index (χ2n) is 5.95. The highest BCUT2D eigenvalue weighted by Gasteiger charge is 2.10. The van der Waals surface area contributed by atoms with Crippen molar-refractivity contribution in [1.29, 1.82) is 0 Å². The van der Waals surface area contributed by atoms with E-state index in [9.17, 15) is 8.42 Å². The SMILES string of the molecule is CN=C(NCc1ccc(S(=O)(=O)NC)cc1)NCc1nc(C(C)C)cs1. The third-order valence-electron chi connectivity index (χ3n) is 3.75. The number of aliphatic imine (C=N–C) groups is 1. The van der Waals surface area contributed by atoms with Crippen molar-refractivity contribution >= 4 is 27.3 Å². The minimum atomic E-state index is -3.41. The zero-order chi connectivity index (χ0) is 19.2. The Morgan fingerprint density at radius 1 is 1.19 bits per heavy atom. The van der Waals surface area contributed by atoms with Crippen molar-refractivity contribution in [2.75, 3.05) is 14.1 Å². The van der Waals surface area contributed by atoms with Crippen molar-refractivity contribution in [2.24, 2.45) is 4.99 Å². The number of hydrogen-bond donors (Lipinski definition) is 3. The molecule has 2 rings (SSSR count). The van der Waals surface area contributed by atoms with E-state index in [-0.39, 0.29) is 4.90 Å². The van der Waals surface area contributed by atoms with Crippen LogP contribution in [0.1, 0.15) is 36.0 Å². The van der Waals surface area contributed by atoms with Gasteiger partial charge >= 0.3 is 0 Å². The number of nitrogens with one attached hydrogen (secondary N) is 3. The molecule has 9 heteroatoms. The second-order valence-corrected chi connectivity index (χ2v) is 8.78. The predicted molar refractivity (Wildman–Crippen MR) is 106 cm³/mol. The van der Waals surface area contributed by atoms with Gasteiger partial charge in [-0.15, -0.1) is 11.3 Å². The van der Waals surface area contributed by atoms with E-state index in [2.05, 4.69) is 44.6 Å². The lowest BCUT2D eigenvalue weighted by atomic mass is 10.2. The molecular formula is C17H25N5O2S2. The highest BCUT2D eigenvalue weighted by atomic mass is 32.2. The third kappa shape index (κ3) is 5.52. The summed E-state index contributed by atoms with van der Waals surface area (Å²) in [6.45, 7) is 5.39. The van der Waals surface area contributed by atoms with Crippen LogP contribution in [0.2, 0.25) is 0 Å². The Bertz CT molecular complexity index is 842. The highest BCUT2D eigenvalue weighted by molar-refractivity contribution is 7.89. The molecule has 0 spiro atoms. The summed E-state index contributed by atoms with van der Waals surface area (Å²) in [5.41, 5.74) is 2.06. The molecule has 0 aliphatic carbocycles. The Labute approximate surface area is 159 Å². The molecule has 0 saturated carbocycles. The fraction of sp³-hybridized carbons (Fsp3) is 0.412. The Balaban J connectivity index is 1.88. The van der Waals surface area contributed by atoms with Crippen LogP contribution in [0.4, 0.5) is 0 Å². The molecule has 0 fully saturated rings. The molecule has 0 saturated heterocycles. The van der Waals surface area contributed by atoms with E-state index in [0.717, 1.165) is 16.3 Å². The number of nitrogens with zero attached hydrogens (tertiary/aromatic N) is 2. The smallest absolute Gasteiger partial charge is 0.240 e. The fourth-order valence-electron chi connectivity index (χ4n) is 2.14. The minimum Gasteiger partial charge on any atom is -0.352 e. The summed E-state index contributed by atoms with van der Waals surface area (Å²) in [5.74, 6) is 1.09. The van der Waals surface area contributed by atoms with Crippen molar-refractivity contribution in [3.63, 3.8) is 0 Å². The van der Waals surface area contributed by atoms with Crippen LogP contribution < -0.4 is 15.4 Å². The summed E-state index contributed by atoms with van der Waals surface area (Å²) in [6, 6.07) is 6.73. The van der Waals surface area contributed by atoms with Gasteiger partial charge in [-0.2, -0.15) is 0 Å². The molecule has 1 heterocycles. The van der Waals surface area contributed by atoms with E-state index < -0.39 is 10.0 Å². The van der Waals surface area contributed by atoms with Crippen LogP contribution in [0, 0.1) is 0 Å². The molecule has 3 N–H and O–H groups in total. The molecule has 0 aliphatic rings. The van der Waals surface area contributed by atoms with Crippen LogP contribution in [0.3, 0.4) is 0 Å². The van der Waals surface area contributed by atoms with Crippen LogP contribution in [0.25, 0.3) is 0 Å². The molecule has 1 aromatic heterocycles. The van der Waals surface area contributed by atoms with Gasteiger partial charge in [0.15, 0.2) is 5.96 Å². The number of hydrogen-bond acceptors (Lipinski definition) is 5. The Hall–Kier alpha value is -1.97. The van der Waals surface area contributed by atoms with Crippen LogP contribution in [0.5, 0.6) is 0 Å². The van der Waals surface area contributed by atoms with Gasteiger partial charge < -0.3 is 10.6 Å². The first-order valence-corrected chi connectivity index (χ1v) is 10.6. The monoisotopic (exact) mass is 395 g/mol. The van der Waals surface area contributed by atoms with Gasteiger partial charge in [-0.25, -0.2) is 18.1 Å². The topological polar surface area (TPSA) is 95.5 Å². The molecule has 2 aromatic rings. The quantitative estimate of drug-likeness (QED) is 0.493. The first kappa shape index (κ1) is 20.3. The zero-order valence-corrected chi connectivity index (χ0v) is 17.0. The maximum Gasteiger partial charge on any atom is 0.240 e. The van der Waals surface area contributed by atoms with Crippen LogP contribution >= 0.6 is 11.3 Å². The van der Waals surface area contributed by atoms with Crippen LogP contribution in [0.15, 0.2) is 39.5 Å². The zero-order valence-electron chi connectivity index (χ0n) is 15.4. The van der Waals surface area contributed by atoms with Gasteiger partial charge in [0.25, 0.3) is 0 Å². The average molecular weight is 396 g/mol. The first-order chi connectivity index (χ1) is 12.4. The molecule has 0 bridgehead atoms. The van der Waals surface area contributed by atoms with E-state index in [1.807, 2.05) is 0 Å².